The summed E-state index contributed by atoms with van der Waals surface area (Å²) in [5.74, 6) is -36.5. The van der Waals surface area contributed by atoms with Gasteiger partial charge < -0.3 is 153 Å². The van der Waals surface area contributed by atoms with Crippen LogP contribution in [0, 0.1) is 11.8 Å². The Morgan fingerprint density at radius 2 is 1.02 bits per heavy atom. The lowest BCUT2D eigenvalue weighted by atomic mass is 9.99. The quantitative estimate of drug-likeness (QED) is 0.0496. The number of amides is 23. The number of benzene rings is 1. The van der Waals surface area contributed by atoms with Crippen molar-refractivity contribution >= 4 is 218 Å². The Bertz CT molecular complexity index is 5580. The number of hydrogen-bond donors (Lipinski definition) is 28. The SMILES string of the molecule is C=C1NC(=O)[C@H](C(C)C)NC(=O)[C@@H](NC(=O)/C(=C/C)NC(=O)[C@@H](N)[C@@H](C)CC)CSC[C@@H]2NC(=O)[C@H]([C@@H](C)O)NC(=O)[C@@H]3CSCC[C@H](NC(=O)[C@H](CSC[C@@H]4NC(=O)CNC(=O)[C@H](CSC[C@@H]5NC(=O)[C@H](Cc6cnc[nH]6)NC(=O)[C@H](CSC[C@@H](C(=O)N6CCC[C@H]6C(=O)NCC(=O)O)NC5=O)NC4=O)NC(=O)CNC(=O)CNC(=O)CNC(=O)[C@H](CCC(=O)O)NC2=O)NC(=O)[C@H](Cc2c[nH]c4ccccc24)NC1=O)C(=O)N3. The van der Waals surface area contributed by atoms with Crippen molar-refractivity contribution < 1.29 is 135 Å². The maximum absolute atomic E-state index is 15.7. The van der Waals surface area contributed by atoms with Gasteiger partial charge in [-0.2, -0.15) is 58.8 Å². The van der Waals surface area contributed by atoms with Crippen molar-refractivity contribution in [1.82, 2.24) is 137 Å². The smallest absolute Gasteiger partial charge is 0.322 e. The van der Waals surface area contributed by atoms with Crippen LogP contribution in [0.1, 0.15) is 91.3 Å². The first-order valence-electron chi connectivity index (χ1n) is 47.8. The molecule has 23 amide bonds. The van der Waals surface area contributed by atoms with Crippen molar-refractivity contribution in [1.29, 1.82) is 0 Å². The predicted octanol–water partition coefficient (Wildman–Crippen LogP) is -11.3. The van der Waals surface area contributed by atoms with E-state index in [9.17, 15) is 92.0 Å². The Balaban J connectivity index is 1.19. The second-order valence-electron chi connectivity index (χ2n) is 36.0. The van der Waals surface area contributed by atoms with E-state index in [1.165, 1.54) is 39.5 Å². The molecular weight excluding hydrogens is 2070 g/mol. The van der Waals surface area contributed by atoms with Gasteiger partial charge in [-0.1, -0.05) is 65.0 Å². The highest BCUT2D eigenvalue weighted by Crippen LogP contribution is 2.25. The summed E-state index contributed by atoms with van der Waals surface area (Å²) in [4.78, 5) is 374. The number of nitrogens with two attached hydrogens (primary N) is 1. The molecule has 8 heterocycles. The van der Waals surface area contributed by atoms with Crippen LogP contribution in [0.15, 0.2) is 67.0 Å². The fourth-order valence-electron chi connectivity index (χ4n) is 15.6. The number of para-hydroxylation sites is 1. The van der Waals surface area contributed by atoms with Crippen molar-refractivity contribution in [3.05, 3.63) is 78.3 Å². The topological polar surface area (TPSA) is 826 Å². The van der Waals surface area contributed by atoms with Crippen molar-refractivity contribution in [2.75, 3.05) is 96.8 Å². The fourth-order valence-corrected chi connectivity index (χ4v) is 20.9. The lowest BCUT2D eigenvalue weighted by Crippen LogP contribution is -2.63. The number of carboxylic acid groups (broad SMARTS) is 2. The summed E-state index contributed by atoms with van der Waals surface area (Å²) >= 11 is 3.66. The van der Waals surface area contributed by atoms with Crippen LogP contribution in [-0.4, -0.2) is 389 Å². The van der Waals surface area contributed by atoms with Gasteiger partial charge in [0.2, 0.25) is 124 Å². The molecule has 19 atom stereocenters. The minimum atomic E-state index is -2.12. The van der Waals surface area contributed by atoms with Crippen LogP contribution in [0.5, 0.6) is 0 Å². The maximum atomic E-state index is 15.7. The van der Waals surface area contributed by atoms with E-state index in [2.05, 4.69) is 139 Å². The molecule has 1 aromatic carbocycles. The number of allylic oxidation sites excluding steroid dienone is 1. The van der Waals surface area contributed by atoms with Gasteiger partial charge in [-0.05, 0) is 68.7 Å². The summed E-state index contributed by atoms with van der Waals surface area (Å²) in [6, 6.07) is -23.6. The number of aromatic amines is 2. The highest BCUT2D eigenvalue weighted by Gasteiger charge is 2.45. The highest BCUT2D eigenvalue weighted by atomic mass is 32.2. The van der Waals surface area contributed by atoms with E-state index in [4.69, 9.17) is 5.73 Å². The van der Waals surface area contributed by atoms with E-state index >= 15 is 43.2 Å². The predicted molar refractivity (Wildman–Crippen MR) is 542 cm³/mol. The largest absolute Gasteiger partial charge is 0.481 e. The summed E-state index contributed by atoms with van der Waals surface area (Å²) in [6.07, 6.45) is 1.06. The van der Waals surface area contributed by atoms with Gasteiger partial charge >= 0.3 is 11.9 Å². The van der Waals surface area contributed by atoms with Crippen LogP contribution in [0.3, 0.4) is 0 Å². The van der Waals surface area contributed by atoms with Gasteiger partial charge in [-0.3, -0.25) is 120 Å². The standard InChI is InChI=1S/C90H125N27O28S5/c1-8-41(5)69(91)87(142)103-47(9-2)75(130)108-60-37-149-36-59-81(136)104-49(16-17-67(123)124)73(128)96-26-64(120)94-25-63(119)95-27-65(121)101-53-31-147-34-58-83(138)114-61(90(145)117-19-12-15-62(117)86(141)98-29-68(125)126)38-150-35-57(82(137)107-52(78(133)111-58)22-45-24-92-39-99-45)112-79(134)54(102-66(122)28-97-74(53)129)32-148-33-56(80(135)105-50-18-20-146-30-55(109-76(50)131)85(140)116-71(43(7)118)89(144)113-59)110-77(132)51(21-44-23-93-48-14-11-10-13-46(44)48)106-72(127)42(6)100-88(143)70(40(3)4)115-84(60)139/h9-11,13-14,23-24,39-41,43,49-62,69-71,93,118H,6,8,12,15-22,25-38,91H2,1-5,7H3,(H,92,99)(H,94,120)(H,95,119)(H,96,128)(H,97,129)(H,98,141)(H,100,143)(H,101,121)(H,102,122)(H,103,142)(H,104,136)(H,105,135)(H,106,127)(H,107,137)(H,108,130)(H,109,131)(H,110,132)(H,111,133)(H,112,134)(H,113,144)(H,114,138)(H,115,139)(H,116,140)(H,123,124)(H,125,126)/b47-9-/t41-,43+,49-,50-,51-,52-,53-,54-,55-,56-,57-,58-,59-,60-,61-,62-,69-,70-,71-/m0/s1. The number of imidazole rings is 1. The van der Waals surface area contributed by atoms with E-state index in [1.807, 2.05) is 0 Å². The molecule has 8 bridgehead atoms. The molecule has 55 nitrogen and oxygen atoms in total. The molecule has 9 rings (SSSR count). The molecule has 0 unspecified atom stereocenters. The number of rotatable bonds is 19. The number of carbonyl (C=O) groups excluding carboxylic acids is 23. The molecule has 0 radical (unpaired) electrons. The zero-order valence-electron chi connectivity index (χ0n) is 82.4. The molecule has 6 aliphatic rings. The molecule has 150 heavy (non-hydrogen) atoms. The first-order valence-corrected chi connectivity index (χ1v) is 53.5. The normalized spacial score (nSPS) is 26.8. The fraction of sp³-hybridized carbons (Fsp3) is 0.556. The number of thioether (sulfide) groups is 5. The monoisotopic (exact) mass is 2190 g/mol. The molecule has 60 heteroatoms. The first-order chi connectivity index (χ1) is 71.3. The molecule has 0 aliphatic carbocycles. The molecule has 6 fully saturated rings. The van der Waals surface area contributed by atoms with E-state index in [0.29, 0.717) is 58.2 Å². The average Bonchev–Trinajstić information content (AvgIpc) is 1.66. The Hall–Kier alpha value is -14.1. The van der Waals surface area contributed by atoms with Gasteiger partial charge in [0.25, 0.3) is 11.8 Å². The highest BCUT2D eigenvalue weighted by molar-refractivity contribution is 8.00. The van der Waals surface area contributed by atoms with Gasteiger partial charge in [0.05, 0.1) is 50.3 Å². The number of carbonyl (C=O) groups is 25. The van der Waals surface area contributed by atoms with E-state index in [-0.39, 0.29) is 43.0 Å². The summed E-state index contributed by atoms with van der Waals surface area (Å²) < 4.78 is 0. The third-order valence-electron chi connectivity index (χ3n) is 24.3. The lowest BCUT2D eigenvalue weighted by Gasteiger charge is -2.30. The van der Waals surface area contributed by atoms with Crippen LogP contribution in [0.2, 0.25) is 0 Å². The molecule has 818 valence electrons. The summed E-state index contributed by atoms with van der Waals surface area (Å²) in [7, 11) is 0. The van der Waals surface area contributed by atoms with Gasteiger partial charge in [0.15, 0.2) is 0 Å². The van der Waals surface area contributed by atoms with Gasteiger partial charge in [0.1, 0.15) is 109 Å². The van der Waals surface area contributed by atoms with Gasteiger partial charge in [-0.25, -0.2) is 4.98 Å². The van der Waals surface area contributed by atoms with Crippen LogP contribution in [-0.2, 0) is 133 Å². The molecule has 29 N–H and O–H groups in total. The summed E-state index contributed by atoms with van der Waals surface area (Å²) in [5, 5.41) is 84.9. The number of nitrogens with zero attached hydrogens (tertiary/aromatic N) is 2. The molecule has 2 aromatic heterocycles. The first kappa shape index (κ1) is 119. The third kappa shape index (κ3) is 36.1. The van der Waals surface area contributed by atoms with Gasteiger partial charge in [0, 0.05) is 107 Å². The number of carboxylic acids is 2. The number of aliphatic hydroxyl groups is 1. The van der Waals surface area contributed by atoms with Crippen molar-refractivity contribution in [3.8, 4) is 0 Å². The summed E-state index contributed by atoms with van der Waals surface area (Å²) in [6.45, 7) is 7.40. The minimum absolute atomic E-state index is 0.0157. The molecule has 6 aliphatic heterocycles. The number of aliphatic carboxylic acids is 2. The molecule has 0 spiro atoms. The van der Waals surface area contributed by atoms with E-state index < -0.39 is 384 Å². The summed E-state index contributed by atoms with van der Waals surface area (Å²) in [5.41, 5.74) is 6.05. The van der Waals surface area contributed by atoms with Crippen LogP contribution < -0.4 is 123 Å². The number of nitrogens with one attached hydrogen (secondary N) is 24. The Morgan fingerprint density at radius 3 is 1.60 bits per heavy atom. The Kier molecular flexibility index (Phi) is 46.3. The molecule has 0 saturated carbocycles. The van der Waals surface area contributed by atoms with Crippen molar-refractivity contribution in [2.45, 2.75) is 202 Å². The number of aromatic nitrogens is 3. The number of H-pyrrole nitrogens is 2. The Morgan fingerprint density at radius 1 is 0.520 bits per heavy atom. The third-order valence-corrected chi connectivity index (χ3v) is 29.9. The van der Waals surface area contributed by atoms with Gasteiger partial charge in [-0.15, -0.1) is 0 Å². The van der Waals surface area contributed by atoms with Crippen molar-refractivity contribution in [2.24, 2.45) is 17.6 Å². The van der Waals surface area contributed by atoms with Crippen LogP contribution in [0.25, 0.3) is 10.9 Å². The zero-order chi connectivity index (χ0) is 110. The number of likely N-dealkylation sites (tertiary alicyclic amines) is 1. The molecule has 6 saturated heterocycles. The van der Waals surface area contributed by atoms with Crippen LogP contribution in [0.4, 0.5) is 0 Å². The maximum Gasteiger partial charge on any atom is 0.322 e. The average molecular weight is 2190 g/mol. The second-order valence-corrected chi connectivity index (χ2v) is 41.4. The zero-order valence-corrected chi connectivity index (χ0v) is 86.5. The van der Waals surface area contributed by atoms with Crippen molar-refractivity contribution in [3.63, 3.8) is 0 Å². The van der Waals surface area contributed by atoms with E-state index in [1.54, 1.807) is 38.1 Å². The molecule has 3 aromatic rings. The number of aliphatic hydroxyl groups excluding tert-OH is 1. The minimum Gasteiger partial charge on any atom is -0.481 e. The number of fused-ring (bicyclic) bond motifs is 20. The Labute approximate surface area is 878 Å². The van der Waals surface area contributed by atoms with E-state index in [0.717, 1.165) is 41.4 Å². The van der Waals surface area contributed by atoms with Crippen LogP contribution >= 0.6 is 58.8 Å². The second kappa shape index (κ2) is 58.2. The number of hydrogen-bond acceptors (Lipinski definition) is 33. The lowest BCUT2D eigenvalue weighted by molar-refractivity contribution is -0.142. The molecular formula is C90H125N27O28S5.